The van der Waals surface area contributed by atoms with Crippen molar-refractivity contribution < 1.29 is 30.2 Å². The fourth-order valence-corrected chi connectivity index (χ4v) is 2.31. The summed E-state index contributed by atoms with van der Waals surface area (Å²) in [7, 11) is 8.40. The van der Waals surface area contributed by atoms with Gasteiger partial charge >= 0.3 is 50.4 Å². The monoisotopic (exact) mass is 480 g/mol. The number of fused-ring (bicyclic) bond motifs is 1. The van der Waals surface area contributed by atoms with Gasteiger partial charge in [-0.2, -0.15) is 0 Å². The van der Waals surface area contributed by atoms with Gasteiger partial charge in [-0.05, 0) is 48.5 Å². The SMILES string of the molecule is [Cl][Cu].[Cl][Cu].c1ccc(-c2ccc3ccc(-c4ccccn4)nc3n2)nc1. The van der Waals surface area contributed by atoms with Gasteiger partial charge in [0.2, 0.25) is 0 Å². The number of pyridine rings is 4. The molecule has 140 valence electrons. The van der Waals surface area contributed by atoms with Crippen LogP contribution in [0, 0.1) is 0 Å². The van der Waals surface area contributed by atoms with E-state index < -0.39 is 0 Å². The second-order valence-corrected chi connectivity index (χ2v) is 4.87. The average Bonchev–Trinajstić information content (AvgIpc) is 2.77. The molecule has 0 aromatic carbocycles. The maximum Gasteiger partial charge on any atom is 0.160 e. The molecule has 0 amide bonds. The molecule has 0 spiro atoms. The van der Waals surface area contributed by atoms with Gasteiger partial charge < -0.3 is 0 Å². The van der Waals surface area contributed by atoms with Crippen molar-refractivity contribution in [1.82, 2.24) is 19.9 Å². The van der Waals surface area contributed by atoms with Crippen molar-refractivity contribution in [1.29, 1.82) is 0 Å². The Bertz CT molecular complexity index is 867. The Morgan fingerprint density at radius 1 is 0.538 bits per heavy atom. The maximum absolute atomic E-state index is 4.63. The molecule has 0 aliphatic carbocycles. The first-order valence-electron chi connectivity index (χ1n) is 7.23. The second kappa shape index (κ2) is 11.2. The molecular weight excluding hydrogens is 470 g/mol. The zero-order chi connectivity index (χ0) is 18.8. The van der Waals surface area contributed by atoms with E-state index in [2.05, 4.69) is 70.3 Å². The van der Waals surface area contributed by atoms with E-state index in [0.717, 1.165) is 28.2 Å². The van der Waals surface area contributed by atoms with Crippen LogP contribution in [0.5, 0.6) is 0 Å². The Kier molecular flexibility index (Phi) is 8.99. The molecule has 4 rings (SSSR count). The fourth-order valence-electron chi connectivity index (χ4n) is 2.31. The van der Waals surface area contributed by atoms with Crippen LogP contribution in [-0.4, -0.2) is 19.9 Å². The minimum atomic E-state index is 0.700. The zero-order valence-electron chi connectivity index (χ0n) is 13.1. The van der Waals surface area contributed by atoms with E-state index in [-0.39, 0.29) is 0 Å². The summed E-state index contributed by atoms with van der Waals surface area (Å²) < 4.78 is 0. The van der Waals surface area contributed by atoms with E-state index in [1.54, 1.807) is 12.4 Å². The predicted molar refractivity (Wildman–Crippen MR) is 97.7 cm³/mol. The molecule has 0 fully saturated rings. The Labute approximate surface area is 176 Å². The smallest absolute Gasteiger partial charge is 0.160 e. The molecule has 0 radical (unpaired) electrons. The normalized spacial score (nSPS) is 9.62. The summed E-state index contributed by atoms with van der Waals surface area (Å²) in [6.07, 6.45) is 3.53. The van der Waals surface area contributed by atoms with Crippen LogP contribution in [0.25, 0.3) is 33.8 Å². The summed E-state index contributed by atoms with van der Waals surface area (Å²) >= 11 is 7.32. The predicted octanol–water partition coefficient (Wildman–Crippen LogP) is 5.13. The zero-order valence-corrected chi connectivity index (χ0v) is 16.5. The van der Waals surface area contributed by atoms with E-state index >= 15 is 0 Å². The minimum Gasteiger partial charge on any atom is -0.255 e. The van der Waals surface area contributed by atoms with E-state index in [4.69, 9.17) is 0 Å². The summed E-state index contributed by atoms with van der Waals surface area (Å²) in [6, 6.07) is 19.5. The number of aromatic nitrogens is 4. The van der Waals surface area contributed by atoms with E-state index in [9.17, 15) is 0 Å². The van der Waals surface area contributed by atoms with Crippen LogP contribution in [0.15, 0.2) is 73.1 Å². The van der Waals surface area contributed by atoms with Crippen LogP contribution in [-0.2, 0) is 30.2 Å². The van der Waals surface area contributed by atoms with Gasteiger partial charge in [0, 0.05) is 17.8 Å². The van der Waals surface area contributed by atoms with Crippen molar-refractivity contribution in [3.8, 4) is 22.8 Å². The van der Waals surface area contributed by atoms with Crippen LogP contribution in [0.3, 0.4) is 0 Å². The van der Waals surface area contributed by atoms with Crippen molar-refractivity contribution in [3.63, 3.8) is 0 Å². The Hall–Kier alpha value is -1.52. The van der Waals surface area contributed by atoms with Gasteiger partial charge in [0.15, 0.2) is 5.65 Å². The molecule has 0 aliphatic heterocycles. The van der Waals surface area contributed by atoms with Crippen molar-refractivity contribution in [3.05, 3.63) is 73.1 Å². The molecule has 0 N–H and O–H groups in total. The van der Waals surface area contributed by atoms with Crippen LogP contribution in [0.2, 0.25) is 0 Å². The topological polar surface area (TPSA) is 51.6 Å². The third-order valence-corrected chi connectivity index (χ3v) is 3.41. The van der Waals surface area contributed by atoms with Gasteiger partial charge in [-0.1, -0.05) is 12.1 Å². The van der Waals surface area contributed by atoms with E-state index in [1.807, 2.05) is 60.7 Å². The second-order valence-electron chi connectivity index (χ2n) is 4.87. The van der Waals surface area contributed by atoms with E-state index in [0.29, 0.717) is 5.65 Å². The van der Waals surface area contributed by atoms with Crippen molar-refractivity contribution >= 4 is 31.2 Å². The third kappa shape index (κ3) is 5.24. The summed E-state index contributed by atoms with van der Waals surface area (Å²) in [4.78, 5) is 17.9. The number of nitrogens with zero attached hydrogens (tertiary/aromatic N) is 4. The molecule has 0 aliphatic rings. The summed E-state index contributed by atoms with van der Waals surface area (Å²) in [6.45, 7) is 0. The Morgan fingerprint density at radius 2 is 1.00 bits per heavy atom. The maximum atomic E-state index is 4.63. The van der Waals surface area contributed by atoms with Gasteiger partial charge in [0.1, 0.15) is 0 Å². The van der Waals surface area contributed by atoms with Gasteiger partial charge in [0.05, 0.1) is 22.8 Å². The van der Waals surface area contributed by atoms with Gasteiger partial charge in [-0.3, -0.25) is 9.97 Å². The Morgan fingerprint density at radius 3 is 1.38 bits per heavy atom. The molecule has 0 unspecified atom stereocenters. The molecule has 0 saturated carbocycles. The quantitative estimate of drug-likeness (QED) is 0.372. The molecule has 0 atom stereocenters. The van der Waals surface area contributed by atoms with Gasteiger partial charge in [0.25, 0.3) is 0 Å². The number of halogens is 2. The molecule has 26 heavy (non-hydrogen) atoms. The van der Waals surface area contributed by atoms with Crippen LogP contribution >= 0.6 is 20.2 Å². The van der Waals surface area contributed by atoms with Crippen LogP contribution < -0.4 is 0 Å². The Balaban J connectivity index is 0.000000570. The first-order valence-corrected chi connectivity index (χ1v) is 9.83. The van der Waals surface area contributed by atoms with Crippen molar-refractivity contribution in [2.45, 2.75) is 0 Å². The first-order chi connectivity index (χ1) is 12.9. The molecule has 4 heterocycles. The molecule has 8 heteroatoms. The van der Waals surface area contributed by atoms with Crippen LogP contribution in [0.4, 0.5) is 0 Å². The molecule has 0 bridgehead atoms. The van der Waals surface area contributed by atoms with Crippen molar-refractivity contribution in [2.24, 2.45) is 0 Å². The summed E-state index contributed by atoms with van der Waals surface area (Å²) in [5, 5.41) is 0.999. The van der Waals surface area contributed by atoms with E-state index in [1.165, 1.54) is 0 Å². The average molecular weight is 482 g/mol. The molecule has 0 saturated heterocycles. The van der Waals surface area contributed by atoms with Crippen LogP contribution in [0.1, 0.15) is 0 Å². The summed E-state index contributed by atoms with van der Waals surface area (Å²) in [5.74, 6) is 0. The van der Waals surface area contributed by atoms with Gasteiger partial charge in [-0.15, -0.1) is 0 Å². The summed E-state index contributed by atoms with van der Waals surface area (Å²) in [5.41, 5.74) is 4.02. The van der Waals surface area contributed by atoms with Crippen molar-refractivity contribution in [2.75, 3.05) is 0 Å². The molecular formula is C18H12Cl2Cu2N4. The largest absolute Gasteiger partial charge is 0.255 e. The first kappa shape index (κ1) is 20.8. The molecule has 4 aromatic heterocycles. The van der Waals surface area contributed by atoms with Gasteiger partial charge in [-0.25, -0.2) is 9.97 Å². The minimum absolute atomic E-state index is 0.700. The fraction of sp³-hybridized carbons (Fsp3) is 0. The number of hydrogen-bond acceptors (Lipinski definition) is 4. The molecule has 4 aromatic rings. The molecule has 4 nitrogen and oxygen atoms in total. The number of rotatable bonds is 2. The number of hydrogen-bond donors (Lipinski definition) is 0. The standard InChI is InChI=1S/C18H12N4.2ClH.2Cu/c1-3-11-19-14(5-1)16-9-7-13-8-10-17(22-18(13)21-16)15-6-2-4-12-20-15;;;;/h1-12H;2*1H;;/q;;;2*+1/p-2. The third-order valence-electron chi connectivity index (χ3n) is 3.41.